The quantitative estimate of drug-likeness (QED) is 0.778. The van der Waals surface area contributed by atoms with Gasteiger partial charge in [-0.3, -0.25) is 9.69 Å². The molecule has 2 N–H and O–H groups in total. The molecule has 1 saturated heterocycles. The lowest BCUT2D eigenvalue weighted by Gasteiger charge is -2.38. The fraction of sp³-hybridized carbons (Fsp3) is 0.941. The van der Waals surface area contributed by atoms with E-state index in [1.54, 1.807) is 0 Å². The van der Waals surface area contributed by atoms with E-state index in [9.17, 15) is 4.79 Å². The molecule has 1 aliphatic carbocycles. The zero-order valence-corrected chi connectivity index (χ0v) is 14.1. The minimum Gasteiger partial charge on any atom is -0.396 e. The molecule has 0 spiro atoms. The van der Waals surface area contributed by atoms with Gasteiger partial charge in [0.15, 0.2) is 0 Å². The summed E-state index contributed by atoms with van der Waals surface area (Å²) in [6.45, 7) is 8.08. The molecule has 0 aromatic heterocycles. The molecule has 0 radical (unpaired) electrons. The standard InChI is InChI=1S/C17H32N2O3/c1-13(2)16(7-10-20)18-17(21)14-3-5-15(6-4-14)19-8-11-22-12-9-19/h13-16,20H,3-12H2,1-2H3,(H,18,21). The third-order valence-electron chi connectivity index (χ3n) is 5.20. The smallest absolute Gasteiger partial charge is 0.223 e. The summed E-state index contributed by atoms with van der Waals surface area (Å²) < 4.78 is 5.41. The van der Waals surface area contributed by atoms with Crippen LogP contribution in [0.5, 0.6) is 0 Å². The number of aliphatic hydroxyl groups is 1. The summed E-state index contributed by atoms with van der Waals surface area (Å²) in [4.78, 5) is 15.0. The number of carbonyl (C=O) groups excluding carboxylic acids is 1. The summed E-state index contributed by atoms with van der Waals surface area (Å²) in [6, 6.07) is 0.723. The predicted octanol–water partition coefficient (Wildman–Crippen LogP) is 1.40. The van der Waals surface area contributed by atoms with E-state index in [4.69, 9.17) is 9.84 Å². The van der Waals surface area contributed by atoms with Crippen LogP contribution in [-0.2, 0) is 9.53 Å². The summed E-state index contributed by atoms with van der Waals surface area (Å²) in [5, 5.41) is 12.3. The van der Waals surface area contributed by atoms with Gasteiger partial charge in [-0.05, 0) is 38.0 Å². The molecule has 2 fully saturated rings. The maximum Gasteiger partial charge on any atom is 0.223 e. The van der Waals surface area contributed by atoms with Crippen molar-refractivity contribution in [2.75, 3.05) is 32.9 Å². The molecule has 128 valence electrons. The summed E-state index contributed by atoms with van der Waals surface area (Å²) >= 11 is 0. The van der Waals surface area contributed by atoms with Gasteiger partial charge in [-0.1, -0.05) is 13.8 Å². The maximum absolute atomic E-state index is 12.4. The van der Waals surface area contributed by atoms with E-state index in [1.807, 2.05) is 0 Å². The van der Waals surface area contributed by atoms with Crippen molar-refractivity contribution in [3.8, 4) is 0 Å². The molecule has 0 bridgehead atoms. The van der Waals surface area contributed by atoms with Crippen molar-refractivity contribution < 1.29 is 14.6 Å². The molecule has 1 saturated carbocycles. The maximum atomic E-state index is 12.4. The van der Waals surface area contributed by atoms with E-state index in [0.717, 1.165) is 52.0 Å². The summed E-state index contributed by atoms with van der Waals surface area (Å²) in [7, 11) is 0. The third kappa shape index (κ3) is 4.93. The van der Waals surface area contributed by atoms with Crippen molar-refractivity contribution in [1.29, 1.82) is 0 Å². The largest absolute Gasteiger partial charge is 0.396 e. The number of morpholine rings is 1. The minimum absolute atomic E-state index is 0.0921. The first kappa shape index (κ1) is 17.7. The number of carbonyl (C=O) groups is 1. The Hall–Kier alpha value is -0.650. The number of hydrogen-bond acceptors (Lipinski definition) is 4. The average molecular weight is 312 g/mol. The number of hydrogen-bond donors (Lipinski definition) is 2. The molecule has 0 aromatic carbocycles. The van der Waals surface area contributed by atoms with E-state index < -0.39 is 0 Å². The molecule has 2 aliphatic rings. The number of aliphatic hydroxyl groups excluding tert-OH is 1. The van der Waals surface area contributed by atoms with Crippen LogP contribution >= 0.6 is 0 Å². The normalized spacial score (nSPS) is 28.5. The summed E-state index contributed by atoms with van der Waals surface area (Å²) in [5.41, 5.74) is 0. The Labute approximate surface area is 134 Å². The molecule has 22 heavy (non-hydrogen) atoms. The van der Waals surface area contributed by atoms with Crippen LogP contribution in [0, 0.1) is 11.8 Å². The Morgan fingerprint density at radius 3 is 2.41 bits per heavy atom. The zero-order chi connectivity index (χ0) is 15.9. The van der Waals surface area contributed by atoms with Crippen LogP contribution in [0.3, 0.4) is 0 Å². The molecule has 5 nitrogen and oxygen atoms in total. The highest BCUT2D eigenvalue weighted by Crippen LogP contribution is 2.28. The first-order valence-corrected chi connectivity index (χ1v) is 8.84. The SMILES string of the molecule is CC(C)C(CCO)NC(=O)C1CCC(N2CCOCC2)CC1. The molecular formula is C17H32N2O3. The van der Waals surface area contributed by atoms with Crippen LogP contribution in [0.1, 0.15) is 46.0 Å². The molecule has 5 heteroatoms. The lowest BCUT2D eigenvalue weighted by molar-refractivity contribution is -0.127. The van der Waals surface area contributed by atoms with Gasteiger partial charge in [0.2, 0.25) is 5.91 Å². The van der Waals surface area contributed by atoms with Crippen LogP contribution in [0.25, 0.3) is 0 Å². The second-order valence-electron chi connectivity index (χ2n) is 7.03. The van der Waals surface area contributed by atoms with Crippen LogP contribution in [0.2, 0.25) is 0 Å². The fourth-order valence-corrected chi connectivity index (χ4v) is 3.66. The Kier molecular flexibility index (Phi) is 7.12. The molecule has 1 amide bonds. The van der Waals surface area contributed by atoms with E-state index in [1.165, 1.54) is 0 Å². The first-order chi connectivity index (χ1) is 10.6. The second kappa shape index (κ2) is 8.85. The number of rotatable bonds is 6. The van der Waals surface area contributed by atoms with Crippen LogP contribution in [0.4, 0.5) is 0 Å². The van der Waals surface area contributed by atoms with Gasteiger partial charge in [-0.25, -0.2) is 0 Å². The first-order valence-electron chi connectivity index (χ1n) is 8.84. The summed E-state index contributed by atoms with van der Waals surface area (Å²) in [5.74, 6) is 0.700. The van der Waals surface area contributed by atoms with E-state index in [0.29, 0.717) is 18.4 Å². The predicted molar refractivity (Wildman–Crippen MR) is 86.6 cm³/mol. The fourth-order valence-electron chi connectivity index (χ4n) is 3.66. The van der Waals surface area contributed by atoms with Crippen LogP contribution < -0.4 is 5.32 Å². The highest BCUT2D eigenvalue weighted by molar-refractivity contribution is 5.79. The highest BCUT2D eigenvalue weighted by Gasteiger charge is 2.31. The lowest BCUT2D eigenvalue weighted by atomic mass is 9.84. The topological polar surface area (TPSA) is 61.8 Å². The molecule has 2 rings (SSSR count). The van der Waals surface area contributed by atoms with E-state index in [2.05, 4.69) is 24.1 Å². The Morgan fingerprint density at radius 2 is 1.86 bits per heavy atom. The van der Waals surface area contributed by atoms with Crippen molar-refractivity contribution >= 4 is 5.91 Å². The van der Waals surface area contributed by atoms with Gasteiger partial charge < -0.3 is 15.2 Å². The van der Waals surface area contributed by atoms with E-state index >= 15 is 0 Å². The second-order valence-corrected chi connectivity index (χ2v) is 7.03. The zero-order valence-electron chi connectivity index (χ0n) is 14.1. The monoisotopic (exact) mass is 312 g/mol. The van der Waals surface area contributed by atoms with Gasteiger partial charge in [0.25, 0.3) is 0 Å². The number of amides is 1. The van der Waals surface area contributed by atoms with Crippen molar-refractivity contribution in [2.45, 2.75) is 58.0 Å². The van der Waals surface area contributed by atoms with E-state index in [-0.39, 0.29) is 24.5 Å². The van der Waals surface area contributed by atoms with Crippen LogP contribution in [-0.4, -0.2) is 60.9 Å². The van der Waals surface area contributed by atoms with Gasteiger partial charge in [-0.2, -0.15) is 0 Å². The van der Waals surface area contributed by atoms with Crippen molar-refractivity contribution in [1.82, 2.24) is 10.2 Å². The molecule has 1 heterocycles. The molecular weight excluding hydrogens is 280 g/mol. The van der Waals surface area contributed by atoms with Gasteiger partial charge in [-0.15, -0.1) is 0 Å². The Balaban J connectivity index is 1.76. The number of nitrogens with zero attached hydrogens (tertiary/aromatic N) is 1. The van der Waals surface area contributed by atoms with Gasteiger partial charge in [0.05, 0.1) is 13.2 Å². The lowest BCUT2D eigenvalue weighted by Crippen LogP contribution is -2.47. The van der Waals surface area contributed by atoms with Gasteiger partial charge >= 0.3 is 0 Å². The summed E-state index contributed by atoms with van der Waals surface area (Å²) in [6.07, 6.45) is 4.84. The number of ether oxygens (including phenoxy) is 1. The molecule has 1 atom stereocenters. The molecule has 0 aromatic rings. The number of nitrogens with one attached hydrogen (secondary N) is 1. The van der Waals surface area contributed by atoms with Gasteiger partial charge in [0.1, 0.15) is 0 Å². The van der Waals surface area contributed by atoms with Crippen molar-refractivity contribution in [3.63, 3.8) is 0 Å². The Morgan fingerprint density at radius 1 is 1.23 bits per heavy atom. The van der Waals surface area contributed by atoms with Gasteiger partial charge in [0, 0.05) is 37.7 Å². The highest BCUT2D eigenvalue weighted by atomic mass is 16.5. The van der Waals surface area contributed by atoms with Crippen LogP contribution in [0.15, 0.2) is 0 Å². The van der Waals surface area contributed by atoms with Crippen molar-refractivity contribution in [2.24, 2.45) is 11.8 Å². The Bertz CT molecular complexity index is 335. The van der Waals surface area contributed by atoms with Crippen molar-refractivity contribution in [3.05, 3.63) is 0 Å². The minimum atomic E-state index is 0.0921. The molecule has 1 unspecified atom stereocenters. The average Bonchev–Trinajstić information content (AvgIpc) is 2.55. The third-order valence-corrected chi connectivity index (χ3v) is 5.20. The molecule has 1 aliphatic heterocycles.